The summed E-state index contributed by atoms with van der Waals surface area (Å²) in [6.07, 6.45) is 46.1. The molecule has 8 fully saturated rings. The zero-order valence-corrected chi connectivity index (χ0v) is 51.4. The van der Waals surface area contributed by atoms with Crippen LogP contribution in [0, 0.1) is 21.7 Å². The van der Waals surface area contributed by atoms with Crippen molar-refractivity contribution in [1.29, 1.82) is 0 Å². The van der Waals surface area contributed by atoms with E-state index in [0.717, 1.165) is 62.7 Å². The first-order valence-corrected chi connectivity index (χ1v) is 33.0. The number of carbonyl (C=O) groups excluding carboxylic acids is 2. The average Bonchev–Trinajstić information content (AvgIpc) is 4.52. The van der Waals surface area contributed by atoms with Crippen molar-refractivity contribution in [2.24, 2.45) is 21.7 Å². The number of carbonyl (C=O) groups is 3. The summed E-state index contributed by atoms with van der Waals surface area (Å²) in [6, 6.07) is 7.76. The van der Waals surface area contributed by atoms with Crippen molar-refractivity contribution in [3.63, 3.8) is 0 Å². The van der Waals surface area contributed by atoms with Gasteiger partial charge in [0, 0.05) is 0 Å². The van der Waals surface area contributed by atoms with E-state index in [2.05, 4.69) is 41.1 Å². The number of hydrogen-bond donors (Lipinski definition) is 4. The normalized spacial score (nSPS) is 24.0. The number of aromatic nitrogens is 9. The molecule has 8 aliphatic carbocycles. The van der Waals surface area contributed by atoms with Crippen molar-refractivity contribution < 1.29 is 53.0 Å². The molecule has 3 heterocycles. The van der Waals surface area contributed by atoms with Crippen molar-refractivity contribution in [3.05, 3.63) is 46.9 Å². The highest BCUT2D eigenvalue weighted by Gasteiger charge is 2.41. The van der Waals surface area contributed by atoms with Crippen molar-refractivity contribution in [3.8, 4) is 23.4 Å². The molecular weight excluding hydrogens is 1080 g/mol. The first kappa shape index (κ1) is 63.7. The number of aromatic carboxylic acids is 1. The molecule has 85 heavy (non-hydrogen) atoms. The van der Waals surface area contributed by atoms with E-state index < -0.39 is 17.9 Å². The summed E-state index contributed by atoms with van der Waals surface area (Å²) >= 11 is 0. The number of nitrogens with zero attached hydrogens (tertiary/aromatic N) is 7. The number of methoxy groups -OCH3 is 1. The van der Waals surface area contributed by atoms with Crippen LogP contribution in [0.1, 0.15) is 282 Å². The molecule has 0 aliphatic heterocycles. The Hall–Kier alpha value is -5.79. The van der Waals surface area contributed by atoms with Gasteiger partial charge in [-0.05, 0) is 207 Å². The molecule has 0 bridgehead atoms. The van der Waals surface area contributed by atoms with Crippen LogP contribution in [-0.4, -0.2) is 119 Å². The molecule has 0 unspecified atom stereocenters. The standard InChI is InChI=1S/C24H33N3O4.C16H25N3O3.C14H21N3O3.C11H20O/c1-3-30-23(28)21-22(27(26-25-21)17-18-7-9-19(29-2)10-8-18)31-20-11-15-24(16-12-20)13-5-4-6-14-24;1-2-21-15(20)13-14(18-19-17-13)22-12-6-10-16(11-7-12)8-4-3-5-9-16;18-13(19)11-12(16-17-15-11)20-10-4-8-14(9-5-10)6-2-1-3-7-14;12-10-4-8-11(9-5-10)6-2-1-3-7-11/h7-10,20H,3-6,11-17H2,1-2H3;12H,2-11H2,1H3,(H,17,18,19);10H,1-9H2,(H,18,19)(H,15,16,17);10,12H,1-9H2. The Morgan fingerprint density at radius 3 is 1.32 bits per heavy atom. The molecule has 8 aliphatic rings. The monoisotopic (exact) mass is 1180 g/mol. The van der Waals surface area contributed by atoms with Gasteiger partial charge < -0.3 is 38.6 Å². The summed E-state index contributed by atoms with van der Waals surface area (Å²) in [6.45, 7) is 4.62. The molecule has 20 nitrogen and oxygen atoms in total. The van der Waals surface area contributed by atoms with Crippen molar-refractivity contribution >= 4 is 17.9 Å². The maximum absolute atomic E-state index is 12.5. The van der Waals surface area contributed by atoms with Gasteiger partial charge in [0.05, 0.1) is 33.0 Å². The minimum absolute atomic E-state index is 0.0255. The molecule has 1 aromatic carbocycles. The Kier molecular flexibility index (Phi) is 23.0. The van der Waals surface area contributed by atoms with E-state index in [9.17, 15) is 19.5 Å². The predicted molar refractivity (Wildman–Crippen MR) is 319 cm³/mol. The van der Waals surface area contributed by atoms with Crippen LogP contribution in [0.5, 0.6) is 23.4 Å². The van der Waals surface area contributed by atoms with Crippen LogP contribution in [0.4, 0.5) is 0 Å². The zero-order valence-electron chi connectivity index (χ0n) is 51.4. The van der Waals surface area contributed by atoms with Gasteiger partial charge in [0.1, 0.15) is 24.1 Å². The third kappa shape index (κ3) is 17.5. The third-order valence-corrected chi connectivity index (χ3v) is 20.9. The number of rotatable bonds is 14. The van der Waals surface area contributed by atoms with E-state index in [0.29, 0.717) is 40.7 Å². The highest BCUT2D eigenvalue weighted by molar-refractivity contribution is 5.90. The van der Waals surface area contributed by atoms with Gasteiger partial charge in [0.15, 0.2) is 0 Å². The van der Waals surface area contributed by atoms with Crippen LogP contribution in [0.25, 0.3) is 0 Å². The van der Waals surface area contributed by atoms with Gasteiger partial charge in [-0.25, -0.2) is 29.3 Å². The fourth-order valence-corrected chi connectivity index (χ4v) is 15.7. The number of carboxylic acid groups (broad SMARTS) is 1. The zero-order chi connectivity index (χ0) is 59.5. The SMILES string of the molecule is CCOC(=O)c1[nH]nnc1OC1CCC2(CCCCC2)CC1.CCOC(=O)c1nnn(Cc2ccc(OC)cc2)c1OC1CCC2(CCCCC2)CC1.O=C(O)c1[nH]nnc1OC1CCC2(CCCCC2)CC1.OC1CCC2(CCCCC2)CC1. The van der Waals surface area contributed by atoms with Crippen LogP contribution < -0.4 is 18.9 Å². The summed E-state index contributed by atoms with van der Waals surface area (Å²) in [5.74, 6) is -0.404. The maximum atomic E-state index is 12.5. The number of ether oxygens (including phenoxy) is 6. The lowest BCUT2D eigenvalue weighted by Crippen LogP contribution is -2.34. The molecule has 4 aromatic rings. The van der Waals surface area contributed by atoms with Gasteiger partial charge in [-0.3, -0.25) is 0 Å². The molecule has 4 spiro atoms. The van der Waals surface area contributed by atoms with E-state index in [4.69, 9.17) is 33.5 Å². The van der Waals surface area contributed by atoms with Crippen molar-refractivity contribution in [1.82, 2.24) is 45.8 Å². The van der Waals surface area contributed by atoms with E-state index in [1.54, 1.807) is 25.6 Å². The molecule has 0 saturated heterocycles. The van der Waals surface area contributed by atoms with Crippen molar-refractivity contribution in [2.75, 3.05) is 20.3 Å². The quantitative estimate of drug-likeness (QED) is 0.0855. The summed E-state index contributed by atoms with van der Waals surface area (Å²) in [5.41, 5.74) is 3.65. The number of benzene rings is 1. The lowest BCUT2D eigenvalue weighted by Gasteiger charge is -2.42. The minimum atomic E-state index is -1.08. The largest absolute Gasteiger partial charge is 0.497 e. The lowest BCUT2D eigenvalue weighted by molar-refractivity contribution is 0.0397. The molecule has 4 N–H and O–H groups in total. The van der Waals surface area contributed by atoms with E-state index in [-0.39, 0.29) is 59.9 Å². The lowest BCUT2D eigenvalue weighted by atomic mass is 9.65. The van der Waals surface area contributed by atoms with Crippen LogP contribution in [0.15, 0.2) is 24.3 Å². The Labute approximate surface area is 503 Å². The second kappa shape index (κ2) is 30.7. The summed E-state index contributed by atoms with van der Waals surface area (Å²) in [7, 11) is 1.64. The Morgan fingerprint density at radius 2 is 0.906 bits per heavy atom. The van der Waals surface area contributed by atoms with Crippen LogP contribution >= 0.6 is 0 Å². The Bertz CT molecular complexity index is 2640. The number of H-pyrrole nitrogens is 2. The Morgan fingerprint density at radius 1 is 0.518 bits per heavy atom. The van der Waals surface area contributed by atoms with E-state index in [1.807, 2.05) is 24.3 Å². The highest BCUT2D eigenvalue weighted by Crippen LogP contribution is 2.51. The molecule has 0 radical (unpaired) electrons. The fraction of sp³-hybridized carbons (Fsp3) is 0.769. The highest BCUT2D eigenvalue weighted by atomic mass is 16.5. The van der Waals surface area contributed by atoms with Gasteiger partial charge in [0.25, 0.3) is 11.8 Å². The third-order valence-electron chi connectivity index (χ3n) is 20.9. The second-order valence-corrected chi connectivity index (χ2v) is 26.4. The molecule has 470 valence electrons. The second-order valence-electron chi connectivity index (χ2n) is 26.4. The van der Waals surface area contributed by atoms with Crippen molar-refractivity contribution in [2.45, 2.75) is 276 Å². The van der Waals surface area contributed by atoms with Gasteiger partial charge in [-0.2, -0.15) is 0 Å². The summed E-state index contributed by atoms with van der Waals surface area (Å²) in [4.78, 5) is 35.2. The number of aliphatic hydroxyl groups excluding tert-OH is 1. The first-order chi connectivity index (χ1) is 41.3. The summed E-state index contributed by atoms with van der Waals surface area (Å²) < 4.78 is 35.1. The molecule has 0 amide bonds. The number of aliphatic hydroxyl groups is 1. The van der Waals surface area contributed by atoms with Gasteiger partial charge >= 0.3 is 17.9 Å². The topological polar surface area (TPSA) is 261 Å². The molecule has 12 rings (SSSR count). The minimum Gasteiger partial charge on any atom is -0.497 e. The number of hydrogen-bond acceptors (Lipinski definition) is 16. The number of carboxylic acids is 1. The molecular formula is C65H99N9O11. The van der Waals surface area contributed by atoms with Gasteiger partial charge in [-0.15, -0.1) is 5.10 Å². The molecule has 20 heteroatoms. The Balaban J connectivity index is 0.000000142. The van der Waals surface area contributed by atoms with Crippen LogP contribution in [0.3, 0.4) is 0 Å². The summed E-state index contributed by atoms with van der Waals surface area (Å²) in [5, 5.41) is 46.5. The number of esters is 2. The number of aromatic amines is 2. The smallest absolute Gasteiger partial charge is 0.364 e. The van der Waals surface area contributed by atoms with Crippen LogP contribution in [-0.2, 0) is 16.0 Å². The predicted octanol–water partition coefficient (Wildman–Crippen LogP) is 13.7. The molecule has 8 saturated carbocycles. The molecule has 3 aromatic heterocycles. The van der Waals surface area contributed by atoms with Crippen LogP contribution in [0.2, 0.25) is 0 Å². The fourth-order valence-electron chi connectivity index (χ4n) is 15.7. The average molecular weight is 1180 g/mol. The van der Waals surface area contributed by atoms with E-state index in [1.165, 1.54) is 180 Å². The first-order valence-electron chi connectivity index (χ1n) is 33.0. The van der Waals surface area contributed by atoms with Gasteiger partial charge in [0.2, 0.25) is 23.0 Å². The number of nitrogens with one attached hydrogen (secondary N) is 2. The van der Waals surface area contributed by atoms with E-state index >= 15 is 0 Å². The van der Waals surface area contributed by atoms with Gasteiger partial charge in [-0.1, -0.05) is 115 Å². The maximum Gasteiger partial charge on any atom is 0.364 e. The molecule has 0 atom stereocenters.